The van der Waals surface area contributed by atoms with E-state index in [0.717, 1.165) is 6.42 Å². The molecular formula is C13H24N2O5. The number of hydrogen-bond acceptors (Lipinski definition) is 4. The molecule has 0 bridgehead atoms. The lowest BCUT2D eigenvalue weighted by Gasteiger charge is -2.28. The van der Waals surface area contributed by atoms with Crippen molar-refractivity contribution in [3.8, 4) is 0 Å². The highest BCUT2D eigenvalue weighted by atomic mass is 16.5. The first kappa shape index (κ1) is 18.2. The van der Waals surface area contributed by atoms with Crippen molar-refractivity contribution in [1.82, 2.24) is 10.2 Å². The van der Waals surface area contributed by atoms with Crippen LogP contribution in [0.3, 0.4) is 0 Å². The average molecular weight is 288 g/mol. The minimum atomic E-state index is -1.16. The van der Waals surface area contributed by atoms with Gasteiger partial charge in [0, 0.05) is 19.0 Å². The molecule has 7 nitrogen and oxygen atoms in total. The number of carboxylic acid groups (broad SMARTS) is 1. The molecule has 0 radical (unpaired) electrons. The van der Waals surface area contributed by atoms with Gasteiger partial charge in [0.15, 0.2) is 0 Å². The molecule has 0 aliphatic carbocycles. The van der Waals surface area contributed by atoms with Crippen molar-refractivity contribution in [3.63, 3.8) is 0 Å². The van der Waals surface area contributed by atoms with Gasteiger partial charge in [-0.05, 0) is 26.7 Å². The number of esters is 1. The molecule has 1 unspecified atom stereocenters. The van der Waals surface area contributed by atoms with Crippen LogP contribution in [0, 0.1) is 0 Å². The Balaban J connectivity index is 4.61. The van der Waals surface area contributed by atoms with Crippen LogP contribution in [0.15, 0.2) is 0 Å². The van der Waals surface area contributed by atoms with Crippen LogP contribution < -0.4 is 5.32 Å². The zero-order chi connectivity index (χ0) is 15.7. The summed E-state index contributed by atoms with van der Waals surface area (Å²) in [6.07, 6.45) is 0.732. The van der Waals surface area contributed by atoms with E-state index in [9.17, 15) is 14.4 Å². The Morgan fingerprint density at radius 3 is 2.30 bits per heavy atom. The molecule has 2 amide bonds. The SMILES string of the molecule is CCC(C)N(CC)C(=O)N[C@@H](CCC(=O)OC)C(=O)O. The van der Waals surface area contributed by atoms with Gasteiger partial charge in [-0.3, -0.25) is 4.79 Å². The third kappa shape index (κ3) is 5.90. The Bertz CT molecular complexity index is 346. The van der Waals surface area contributed by atoms with Gasteiger partial charge < -0.3 is 20.1 Å². The second kappa shape index (κ2) is 9.17. The maximum absolute atomic E-state index is 12.0. The van der Waals surface area contributed by atoms with Gasteiger partial charge in [-0.25, -0.2) is 9.59 Å². The van der Waals surface area contributed by atoms with E-state index < -0.39 is 24.0 Å². The number of carboxylic acids is 1. The van der Waals surface area contributed by atoms with E-state index in [1.165, 1.54) is 7.11 Å². The molecule has 7 heteroatoms. The minimum Gasteiger partial charge on any atom is -0.480 e. The van der Waals surface area contributed by atoms with Gasteiger partial charge in [0.25, 0.3) is 0 Å². The van der Waals surface area contributed by atoms with Crippen LogP contribution in [0.2, 0.25) is 0 Å². The van der Waals surface area contributed by atoms with Gasteiger partial charge >= 0.3 is 18.0 Å². The standard InChI is InChI=1S/C13H24N2O5/c1-5-9(3)15(6-2)13(19)14-10(12(17)18)7-8-11(16)20-4/h9-10H,5-8H2,1-4H3,(H,14,19)(H,17,18)/t9?,10-/m0/s1. The third-order valence-electron chi connectivity index (χ3n) is 3.19. The summed E-state index contributed by atoms with van der Waals surface area (Å²) >= 11 is 0. The normalized spacial score (nSPS) is 13.2. The van der Waals surface area contributed by atoms with Crippen LogP contribution in [0.5, 0.6) is 0 Å². The molecule has 116 valence electrons. The molecule has 20 heavy (non-hydrogen) atoms. The van der Waals surface area contributed by atoms with Crippen molar-refractivity contribution in [1.29, 1.82) is 0 Å². The van der Waals surface area contributed by atoms with Gasteiger partial charge in [-0.15, -0.1) is 0 Å². The zero-order valence-electron chi connectivity index (χ0n) is 12.5. The quantitative estimate of drug-likeness (QED) is 0.655. The first-order chi connectivity index (χ1) is 9.37. The number of nitrogens with one attached hydrogen (secondary N) is 1. The average Bonchev–Trinajstić information content (AvgIpc) is 2.42. The van der Waals surface area contributed by atoms with E-state index in [1.54, 1.807) is 4.90 Å². The highest BCUT2D eigenvalue weighted by molar-refractivity contribution is 5.83. The van der Waals surface area contributed by atoms with Crippen LogP contribution >= 0.6 is 0 Å². The first-order valence-corrected chi connectivity index (χ1v) is 6.74. The number of hydrogen-bond donors (Lipinski definition) is 2. The maximum Gasteiger partial charge on any atom is 0.326 e. The van der Waals surface area contributed by atoms with Crippen molar-refractivity contribution < 1.29 is 24.2 Å². The van der Waals surface area contributed by atoms with E-state index in [-0.39, 0.29) is 18.9 Å². The largest absolute Gasteiger partial charge is 0.480 e. The van der Waals surface area contributed by atoms with Crippen molar-refractivity contribution in [2.24, 2.45) is 0 Å². The molecule has 0 rings (SSSR count). The van der Waals surface area contributed by atoms with Gasteiger partial charge in [0.1, 0.15) is 6.04 Å². The number of carbonyl (C=O) groups is 3. The van der Waals surface area contributed by atoms with Crippen LogP contribution in [0.25, 0.3) is 0 Å². The molecule has 0 aromatic rings. The molecule has 0 aromatic heterocycles. The highest BCUT2D eigenvalue weighted by Gasteiger charge is 2.25. The molecule has 0 aliphatic rings. The molecule has 0 saturated carbocycles. The van der Waals surface area contributed by atoms with Crippen molar-refractivity contribution in [3.05, 3.63) is 0 Å². The lowest BCUT2D eigenvalue weighted by molar-refractivity contribution is -0.142. The Hall–Kier alpha value is -1.79. The zero-order valence-corrected chi connectivity index (χ0v) is 12.5. The topological polar surface area (TPSA) is 95.9 Å². The molecule has 0 aliphatic heterocycles. The van der Waals surface area contributed by atoms with Crippen molar-refractivity contribution in [2.75, 3.05) is 13.7 Å². The molecule has 0 saturated heterocycles. The third-order valence-corrected chi connectivity index (χ3v) is 3.19. The molecule has 2 N–H and O–H groups in total. The Kier molecular flexibility index (Phi) is 8.35. The highest BCUT2D eigenvalue weighted by Crippen LogP contribution is 2.06. The number of aliphatic carboxylic acids is 1. The molecule has 2 atom stereocenters. The number of amides is 2. The number of nitrogens with zero attached hydrogens (tertiary/aromatic N) is 1. The van der Waals surface area contributed by atoms with E-state index in [2.05, 4.69) is 10.1 Å². The number of rotatable bonds is 8. The van der Waals surface area contributed by atoms with Crippen LogP contribution in [-0.4, -0.2) is 53.7 Å². The summed E-state index contributed by atoms with van der Waals surface area (Å²) in [5.74, 6) is -1.66. The minimum absolute atomic E-state index is 0.00576. The van der Waals surface area contributed by atoms with Gasteiger partial charge in [-0.1, -0.05) is 6.92 Å². The Morgan fingerprint density at radius 2 is 1.90 bits per heavy atom. The fourth-order valence-corrected chi connectivity index (χ4v) is 1.73. The van der Waals surface area contributed by atoms with Crippen LogP contribution in [0.1, 0.15) is 40.0 Å². The predicted octanol–water partition coefficient (Wildman–Crippen LogP) is 1.22. The smallest absolute Gasteiger partial charge is 0.326 e. The number of methoxy groups -OCH3 is 1. The van der Waals surface area contributed by atoms with E-state index in [0.29, 0.717) is 6.54 Å². The van der Waals surface area contributed by atoms with Crippen molar-refractivity contribution in [2.45, 2.75) is 52.1 Å². The fraction of sp³-hybridized carbons (Fsp3) is 0.769. The van der Waals surface area contributed by atoms with Gasteiger partial charge in [0.2, 0.25) is 0 Å². The molecule has 0 spiro atoms. The predicted molar refractivity (Wildman–Crippen MR) is 73.3 cm³/mol. The first-order valence-electron chi connectivity index (χ1n) is 6.74. The van der Waals surface area contributed by atoms with E-state index in [1.807, 2.05) is 20.8 Å². The molecular weight excluding hydrogens is 264 g/mol. The maximum atomic E-state index is 12.0. The van der Waals surface area contributed by atoms with E-state index >= 15 is 0 Å². The summed E-state index contributed by atoms with van der Waals surface area (Å²) < 4.78 is 4.45. The Morgan fingerprint density at radius 1 is 1.30 bits per heavy atom. The lowest BCUT2D eigenvalue weighted by Crippen LogP contribution is -2.50. The van der Waals surface area contributed by atoms with Gasteiger partial charge in [0.05, 0.1) is 7.11 Å². The monoisotopic (exact) mass is 288 g/mol. The Labute approximate surface area is 119 Å². The summed E-state index contributed by atoms with van der Waals surface area (Å²) in [4.78, 5) is 35.7. The summed E-state index contributed by atoms with van der Waals surface area (Å²) in [5.41, 5.74) is 0. The van der Waals surface area contributed by atoms with Crippen LogP contribution in [0.4, 0.5) is 4.79 Å². The van der Waals surface area contributed by atoms with Gasteiger partial charge in [-0.2, -0.15) is 0 Å². The molecule has 0 aromatic carbocycles. The summed E-state index contributed by atoms with van der Waals surface area (Å²) in [7, 11) is 1.23. The number of ether oxygens (including phenoxy) is 1. The summed E-state index contributed by atoms with van der Waals surface area (Å²) in [6.45, 7) is 6.17. The van der Waals surface area contributed by atoms with E-state index in [4.69, 9.17) is 5.11 Å². The number of urea groups is 1. The van der Waals surface area contributed by atoms with Crippen LogP contribution in [-0.2, 0) is 14.3 Å². The molecule has 0 fully saturated rings. The number of carbonyl (C=O) groups excluding carboxylic acids is 2. The van der Waals surface area contributed by atoms with Crippen molar-refractivity contribution >= 4 is 18.0 Å². The summed E-state index contributed by atoms with van der Waals surface area (Å²) in [5, 5.41) is 11.5. The lowest BCUT2D eigenvalue weighted by atomic mass is 10.1. The summed E-state index contributed by atoms with van der Waals surface area (Å²) in [6, 6.07) is -1.51. The fourth-order valence-electron chi connectivity index (χ4n) is 1.73. The second-order valence-corrected chi connectivity index (χ2v) is 4.50. The molecule has 0 heterocycles. The second-order valence-electron chi connectivity index (χ2n) is 4.50.